The van der Waals surface area contributed by atoms with Crippen molar-refractivity contribution >= 4 is 12.0 Å². The van der Waals surface area contributed by atoms with Gasteiger partial charge in [-0.1, -0.05) is 0 Å². The lowest BCUT2D eigenvalue weighted by molar-refractivity contribution is -0.138. The van der Waals surface area contributed by atoms with Gasteiger partial charge in [0.2, 0.25) is 0 Å². The van der Waals surface area contributed by atoms with Crippen LogP contribution in [-0.4, -0.2) is 33.3 Å². The molecule has 0 aliphatic heterocycles. The van der Waals surface area contributed by atoms with Crippen LogP contribution in [0.15, 0.2) is 12.4 Å². The molecule has 2 amide bonds. The number of hydrogen-bond donors (Lipinski definition) is 4. The molecule has 4 N–H and O–H groups in total. The molecule has 0 aliphatic rings. The summed E-state index contributed by atoms with van der Waals surface area (Å²) in [6.45, 7) is 3.17. The first-order valence-corrected chi connectivity index (χ1v) is 4.79. The van der Waals surface area contributed by atoms with Crippen molar-refractivity contribution in [2.24, 2.45) is 0 Å². The predicted octanol–water partition coefficient (Wildman–Crippen LogP) is 0.243. The molecule has 0 spiro atoms. The zero-order valence-electron chi connectivity index (χ0n) is 9.02. The van der Waals surface area contributed by atoms with Crippen molar-refractivity contribution in [2.75, 3.05) is 0 Å². The highest BCUT2D eigenvalue weighted by Gasteiger charge is 2.15. The maximum atomic E-state index is 11.3. The van der Waals surface area contributed by atoms with Crippen LogP contribution in [0.1, 0.15) is 25.5 Å². The minimum absolute atomic E-state index is 0.236. The fourth-order valence-corrected chi connectivity index (χ4v) is 1.08. The van der Waals surface area contributed by atoms with Crippen LogP contribution in [0.2, 0.25) is 0 Å². The van der Waals surface area contributed by atoms with Crippen LogP contribution in [0.4, 0.5) is 4.79 Å². The number of nitrogens with one attached hydrogen (secondary N) is 3. The Labute approximate surface area is 92.2 Å². The number of urea groups is 1. The molecule has 1 aromatic heterocycles. The van der Waals surface area contributed by atoms with Gasteiger partial charge in [0.05, 0.1) is 12.2 Å². The van der Waals surface area contributed by atoms with E-state index in [0.717, 1.165) is 5.56 Å². The molecule has 0 aliphatic carbocycles. The Morgan fingerprint density at radius 3 is 2.62 bits per heavy atom. The number of aromatic nitrogens is 2. The number of amides is 2. The van der Waals surface area contributed by atoms with E-state index in [1.54, 1.807) is 19.3 Å². The molecule has 1 unspecified atom stereocenters. The van der Waals surface area contributed by atoms with Gasteiger partial charge in [0, 0.05) is 11.8 Å². The van der Waals surface area contributed by atoms with Gasteiger partial charge in [0.1, 0.15) is 6.04 Å². The van der Waals surface area contributed by atoms with Crippen molar-refractivity contribution in [1.82, 2.24) is 20.8 Å². The third-order valence-electron chi connectivity index (χ3n) is 2.09. The highest BCUT2D eigenvalue weighted by molar-refractivity contribution is 5.82. The highest BCUT2D eigenvalue weighted by atomic mass is 16.4. The SMILES string of the molecule is CC(NC(=O)N[C@H](C)C(=O)O)c1cn[nH]c1. The van der Waals surface area contributed by atoms with E-state index in [1.807, 2.05) is 0 Å². The van der Waals surface area contributed by atoms with Gasteiger partial charge in [-0.05, 0) is 13.8 Å². The lowest BCUT2D eigenvalue weighted by atomic mass is 10.2. The van der Waals surface area contributed by atoms with E-state index in [1.165, 1.54) is 6.92 Å². The molecule has 1 aromatic rings. The van der Waals surface area contributed by atoms with Crippen LogP contribution >= 0.6 is 0 Å². The third-order valence-corrected chi connectivity index (χ3v) is 2.09. The molecule has 88 valence electrons. The van der Waals surface area contributed by atoms with Gasteiger partial charge in [-0.25, -0.2) is 4.79 Å². The number of carbonyl (C=O) groups is 2. The minimum atomic E-state index is -1.08. The molecule has 0 radical (unpaired) electrons. The molecule has 0 aromatic carbocycles. The Morgan fingerprint density at radius 2 is 2.12 bits per heavy atom. The maximum Gasteiger partial charge on any atom is 0.325 e. The van der Waals surface area contributed by atoms with Crippen molar-refractivity contribution in [3.8, 4) is 0 Å². The first-order chi connectivity index (χ1) is 7.50. The normalized spacial score (nSPS) is 13.9. The van der Waals surface area contributed by atoms with E-state index in [2.05, 4.69) is 20.8 Å². The summed E-state index contributed by atoms with van der Waals surface area (Å²) in [6, 6.07) is -1.68. The molecule has 0 bridgehead atoms. The lowest BCUT2D eigenvalue weighted by Crippen LogP contribution is -2.45. The van der Waals surface area contributed by atoms with Crippen LogP contribution < -0.4 is 10.6 Å². The molecule has 0 fully saturated rings. The number of carboxylic acid groups (broad SMARTS) is 1. The number of carboxylic acids is 1. The summed E-state index contributed by atoms with van der Waals surface area (Å²) in [7, 11) is 0. The molecule has 7 heteroatoms. The molecule has 2 atom stereocenters. The van der Waals surface area contributed by atoms with E-state index < -0.39 is 18.0 Å². The Morgan fingerprint density at radius 1 is 1.44 bits per heavy atom. The van der Waals surface area contributed by atoms with E-state index in [9.17, 15) is 9.59 Å². The Kier molecular flexibility index (Phi) is 3.87. The fourth-order valence-electron chi connectivity index (χ4n) is 1.08. The van der Waals surface area contributed by atoms with Gasteiger partial charge in [0.15, 0.2) is 0 Å². The molecular formula is C9H14N4O3. The van der Waals surface area contributed by atoms with E-state index in [-0.39, 0.29) is 6.04 Å². The minimum Gasteiger partial charge on any atom is -0.480 e. The second-order valence-corrected chi connectivity index (χ2v) is 3.43. The van der Waals surface area contributed by atoms with Crippen LogP contribution in [0, 0.1) is 0 Å². The van der Waals surface area contributed by atoms with Crippen LogP contribution in [0.5, 0.6) is 0 Å². The summed E-state index contributed by atoms with van der Waals surface area (Å²) < 4.78 is 0. The molecule has 7 nitrogen and oxygen atoms in total. The molecule has 0 saturated heterocycles. The summed E-state index contributed by atoms with van der Waals surface area (Å²) in [5, 5.41) is 19.9. The van der Waals surface area contributed by atoms with Gasteiger partial charge in [-0.3, -0.25) is 9.89 Å². The van der Waals surface area contributed by atoms with Gasteiger partial charge < -0.3 is 15.7 Å². The van der Waals surface area contributed by atoms with E-state index in [0.29, 0.717) is 0 Å². The number of H-pyrrole nitrogens is 1. The molecule has 0 saturated carbocycles. The zero-order chi connectivity index (χ0) is 12.1. The van der Waals surface area contributed by atoms with E-state index >= 15 is 0 Å². The number of nitrogens with zero attached hydrogens (tertiary/aromatic N) is 1. The van der Waals surface area contributed by atoms with Gasteiger partial charge in [0.25, 0.3) is 0 Å². The van der Waals surface area contributed by atoms with Crippen molar-refractivity contribution in [1.29, 1.82) is 0 Å². The highest BCUT2D eigenvalue weighted by Crippen LogP contribution is 2.08. The molecule has 1 rings (SSSR count). The lowest BCUT2D eigenvalue weighted by Gasteiger charge is -2.14. The third kappa shape index (κ3) is 3.26. The van der Waals surface area contributed by atoms with Gasteiger partial charge in [-0.2, -0.15) is 5.10 Å². The smallest absolute Gasteiger partial charge is 0.325 e. The second-order valence-electron chi connectivity index (χ2n) is 3.43. The number of rotatable bonds is 4. The Bertz CT molecular complexity index is 363. The maximum absolute atomic E-state index is 11.3. The standard InChI is InChI=1S/C9H14N4O3/c1-5(7-3-10-11-4-7)12-9(16)13-6(2)8(14)15/h3-6H,1-2H3,(H,10,11)(H,14,15)(H2,12,13,16)/t5?,6-/m1/s1. The first kappa shape index (κ1) is 12.0. The summed E-state index contributed by atoms with van der Waals surface area (Å²) in [4.78, 5) is 21.8. The van der Waals surface area contributed by atoms with Crippen molar-refractivity contribution < 1.29 is 14.7 Å². The molecular weight excluding hydrogens is 212 g/mol. The summed E-state index contributed by atoms with van der Waals surface area (Å²) >= 11 is 0. The number of aliphatic carboxylic acids is 1. The molecule has 1 heterocycles. The average molecular weight is 226 g/mol. The molecule has 16 heavy (non-hydrogen) atoms. The van der Waals surface area contributed by atoms with Gasteiger partial charge in [-0.15, -0.1) is 0 Å². The summed E-state index contributed by atoms with van der Waals surface area (Å²) in [6.07, 6.45) is 3.25. The fraction of sp³-hybridized carbons (Fsp3) is 0.444. The van der Waals surface area contributed by atoms with E-state index in [4.69, 9.17) is 5.11 Å². The largest absolute Gasteiger partial charge is 0.480 e. The number of hydrogen-bond acceptors (Lipinski definition) is 3. The predicted molar refractivity (Wildman–Crippen MR) is 55.8 cm³/mol. The van der Waals surface area contributed by atoms with Crippen molar-refractivity contribution in [3.05, 3.63) is 18.0 Å². The van der Waals surface area contributed by atoms with Crippen LogP contribution in [0.3, 0.4) is 0 Å². The van der Waals surface area contributed by atoms with Crippen LogP contribution in [-0.2, 0) is 4.79 Å². The topological polar surface area (TPSA) is 107 Å². The quantitative estimate of drug-likeness (QED) is 0.590. The van der Waals surface area contributed by atoms with Crippen LogP contribution in [0.25, 0.3) is 0 Å². The van der Waals surface area contributed by atoms with Crippen molar-refractivity contribution in [2.45, 2.75) is 25.9 Å². The average Bonchev–Trinajstić information content (AvgIpc) is 2.69. The first-order valence-electron chi connectivity index (χ1n) is 4.79. The monoisotopic (exact) mass is 226 g/mol. The summed E-state index contributed by atoms with van der Waals surface area (Å²) in [5.74, 6) is -1.08. The number of carbonyl (C=O) groups excluding carboxylic acids is 1. The summed E-state index contributed by atoms with van der Waals surface area (Å²) in [5.41, 5.74) is 0.818. The van der Waals surface area contributed by atoms with Crippen molar-refractivity contribution in [3.63, 3.8) is 0 Å². The Balaban J connectivity index is 2.43. The second kappa shape index (κ2) is 5.15. The Hall–Kier alpha value is -2.05. The zero-order valence-corrected chi connectivity index (χ0v) is 9.02. The van der Waals surface area contributed by atoms with Gasteiger partial charge >= 0.3 is 12.0 Å². The number of aromatic amines is 1.